The lowest BCUT2D eigenvalue weighted by atomic mass is 9.94. The summed E-state index contributed by atoms with van der Waals surface area (Å²) in [6, 6.07) is 14.3. The number of rotatable bonds is 13. The molecule has 4 atom stereocenters. The maximum atomic E-state index is 14.0. The first-order valence-electron chi connectivity index (χ1n) is 15.4. The number of hydrogen-bond donors (Lipinski definition) is 1. The number of piperidine rings is 1. The molecule has 240 valence electrons. The second-order valence-corrected chi connectivity index (χ2v) is 11.7. The Balaban J connectivity index is 1.70. The Morgan fingerprint density at radius 2 is 1.75 bits per heavy atom. The zero-order valence-electron chi connectivity index (χ0n) is 26.8. The molecular formula is C34H47N3O7. The van der Waals surface area contributed by atoms with Gasteiger partial charge in [-0.2, -0.15) is 0 Å². The number of esters is 1. The van der Waals surface area contributed by atoms with E-state index >= 15 is 0 Å². The number of benzene rings is 2. The zero-order valence-corrected chi connectivity index (χ0v) is 26.8. The Morgan fingerprint density at radius 3 is 2.41 bits per heavy atom. The summed E-state index contributed by atoms with van der Waals surface area (Å²) < 4.78 is 16.4. The number of hydrogen-bond acceptors (Lipinski definition) is 7. The summed E-state index contributed by atoms with van der Waals surface area (Å²) in [6.07, 6.45) is 2.20. The highest BCUT2D eigenvalue weighted by Crippen LogP contribution is 2.22. The number of nitrogens with one attached hydrogen (secondary N) is 1. The van der Waals surface area contributed by atoms with E-state index in [1.807, 2.05) is 58.0 Å². The van der Waals surface area contributed by atoms with Crippen molar-refractivity contribution in [3.8, 4) is 5.75 Å². The van der Waals surface area contributed by atoms with Crippen LogP contribution in [0.25, 0.3) is 0 Å². The summed E-state index contributed by atoms with van der Waals surface area (Å²) >= 11 is 0. The molecule has 0 radical (unpaired) electrons. The van der Waals surface area contributed by atoms with Crippen LogP contribution in [0.5, 0.6) is 5.75 Å². The normalized spacial score (nSPS) is 16.8. The molecule has 2 aromatic rings. The van der Waals surface area contributed by atoms with E-state index in [0.717, 1.165) is 18.4 Å². The average Bonchev–Trinajstić information content (AvgIpc) is 3.05. The van der Waals surface area contributed by atoms with Crippen LogP contribution in [-0.4, -0.2) is 79.1 Å². The van der Waals surface area contributed by atoms with Gasteiger partial charge in [-0.25, -0.2) is 9.59 Å². The molecule has 44 heavy (non-hydrogen) atoms. The van der Waals surface area contributed by atoms with E-state index in [1.54, 1.807) is 36.2 Å². The third-order valence-corrected chi connectivity index (χ3v) is 8.31. The Labute approximate surface area is 261 Å². The van der Waals surface area contributed by atoms with Crippen molar-refractivity contribution in [1.82, 2.24) is 15.1 Å². The first-order chi connectivity index (χ1) is 21.1. The number of methoxy groups -OCH3 is 1. The van der Waals surface area contributed by atoms with Gasteiger partial charge in [0.2, 0.25) is 11.8 Å². The second-order valence-electron chi connectivity index (χ2n) is 11.7. The maximum absolute atomic E-state index is 14.0. The van der Waals surface area contributed by atoms with E-state index in [0.29, 0.717) is 30.7 Å². The molecule has 10 heteroatoms. The molecule has 3 rings (SSSR count). The Morgan fingerprint density at radius 1 is 1.02 bits per heavy atom. The lowest BCUT2D eigenvalue weighted by Crippen LogP contribution is -2.59. The summed E-state index contributed by atoms with van der Waals surface area (Å²) in [5.41, 5.74) is 1.24. The van der Waals surface area contributed by atoms with Gasteiger partial charge in [0.05, 0.1) is 18.7 Å². The Hall–Kier alpha value is -4.08. The van der Waals surface area contributed by atoms with Crippen molar-refractivity contribution in [1.29, 1.82) is 0 Å². The molecule has 0 unspecified atom stereocenters. The topological polar surface area (TPSA) is 114 Å². The van der Waals surface area contributed by atoms with Crippen LogP contribution in [0.15, 0.2) is 54.6 Å². The predicted molar refractivity (Wildman–Crippen MR) is 167 cm³/mol. The van der Waals surface area contributed by atoms with Crippen molar-refractivity contribution in [3.05, 3.63) is 65.7 Å². The van der Waals surface area contributed by atoms with Crippen LogP contribution in [0.1, 0.15) is 69.3 Å². The molecule has 1 saturated heterocycles. The molecule has 0 spiro atoms. The van der Waals surface area contributed by atoms with Crippen molar-refractivity contribution in [2.75, 3.05) is 27.3 Å². The van der Waals surface area contributed by atoms with Crippen molar-refractivity contribution >= 4 is 23.9 Å². The van der Waals surface area contributed by atoms with E-state index in [-0.39, 0.29) is 42.9 Å². The molecule has 1 heterocycles. The van der Waals surface area contributed by atoms with Crippen LogP contribution < -0.4 is 10.1 Å². The van der Waals surface area contributed by atoms with Gasteiger partial charge in [0.1, 0.15) is 31.0 Å². The summed E-state index contributed by atoms with van der Waals surface area (Å²) in [5, 5.41) is 3.00. The van der Waals surface area contributed by atoms with Gasteiger partial charge in [0, 0.05) is 13.6 Å². The van der Waals surface area contributed by atoms with Gasteiger partial charge in [0.15, 0.2) is 0 Å². The first kappa shape index (κ1) is 34.4. The minimum absolute atomic E-state index is 0.0363. The van der Waals surface area contributed by atoms with Gasteiger partial charge in [-0.1, -0.05) is 70.5 Å². The lowest BCUT2D eigenvalue weighted by Gasteiger charge is -2.38. The molecule has 10 nitrogen and oxygen atoms in total. The van der Waals surface area contributed by atoms with Crippen molar-refractivity contribution < 1.29 is 33.4 Å². The fourth-order valence-electron chi connectivity index (χ4n) is 5.30. The molecule has 3 amide bonds. The van der Waals surface area contributed by atoms with Crippen LogP contribution >= 0.6 is 0 Å². The molecule has 0 bridgehead atoms. The van der Waals surface area contributed by atoms with E-state index in [1.165, 1.54) is 12.0 Å². The molecule has 2 aromatic carbocycles. The van der Waals surface area contributed by atoms with Crippen molar-refractivity contribution in [2.24, 2.45) is 11.8 Å². The molecule has 0 aromatic heterocycles. The fraction of sp³-hybridized carbons (Fsp3) is 0.529. The molecule has 1 N–H and O–H groups in total. The standard InChI is InChI=1S/C34H47N3O7/c1-7-24(4)30(32(39)36(5)29(23(2)3)22-43-27-17-13-16-26(20-27)33(40)42-6)35-31(38)28-18-11-12-19-37(28)34(41)44-21-25-14-9-8-10-15-25/h8-10,13-17,20,23-24,28-30H,7,11-12,18-19,21-22H2,1-6H3,(H,35,38)/t24-,28+,29+,30-/m0/s1. The summed E-state index contributed by atoms with van der Waals surface area (Å²) in [4.78, 5) is 55.7. The fourth-order valence-corrected chi connectivity index (χ4v) is 5.30. The number of likely N-dealkylation sites (N-methyl/N-ethyl adjacent to an activating group) is 1. The minimum atomic E-state index is -0.787. The second kappa shape index (κ2) is 16.7. The lowest BCUT2D eigenvalue weighted by molar-refractivity contribution is -0.141. The SMILES string of the molecule is CC[C@H](C)[C@H](NC(=O)[C@H]1CCCCN1C(=O)OCc1ccccc1)C(=O)N(C)[C@H](COc1cccc(C(=O)OC)c1)C(C)C. The third kappa shape index (κ3) is 9.21. The van der Waals surface area contributed by atoms with E-state index in [4.69, 9.17) is 14.2 Å². The van der Waals surface area contributed by atoms with E-state index < -0.39 is 24.1 Å². The van der Waals surface area contributed by atoms with Crippen molar-refractivity contribution in [3.63, 3.8) is 0 Å². The largest absolute Gasteiger partial charge is 0.491 e. The minimum Gasteiger partial charge on any atom is -0.491 e. The predicted octanol–water partition coefficient (Wildman–Crippen LogP) is 5.06. The molecule has 0 aliphatic carbocycles. The summed E-state index contributed by atoms with van der Waals surface area (Å²) in [5.74, 6) is -0.674. The molecule has 0 saturated carbocycles. The Kier molecular flexibility index (Phi) is 13.0. The van der Waals surface area contributed by atoms with Crippen molar-refractivity contribution in [2.45, 2.75) is 78.1 Å². The Bertz CT molecular complexity index is 1250. The quantitative estimate of drug-likeness (QED) is 0.316. The van der Waals surface area contributed by atoms with Crippen LogP contribution in [0.2, 0.25) is 0 Å². The van der Waals surface area contributed by atoms with Crippen LogP contribution in [0, 0.1) is 11.8 Å². The van der Waals surface area contributed by atoms with Gasteiger partial charge in [-0.15, -0.1) is 0 Å². The molecule has 1 aliphatic rings. The van der Waals surface area contributed by atoms with Gasteiger partial charge < -0.3 is 24.4 Å². The third-order valence-electron chi connectivity index (χ3n) is 8.31. The molecule has 1 fully saturated rings. The summed E-state index contributed by atoms with van der Waals surface area (Å²) in [7, 11) is 3.04. The van der Waals surface area contributed by atoms with Gasteiger partial charge in [-0.05, 0) is 54.9 Å². The maximum Gasteiger partial charge on any atom is 0.410 e. The number of carbonyl (C=O) groups excluding carboxylic acids is 4. The highest BCUT2D eigenvalue weighted by atomic mass is 16.6. The molecular weight excluding hydrogens is 562 g/mol. The van der Waals surface area contributed by atoms with Crippen LogP contribution in [0.4, 0.5) is 4.79 Å². The number of amides is 3. The smallest absolute Gasteiger partial charge is 0.410 e. The highest BCUT2D eigenvalue weighted by Gasteiger charge is 2.38. The number of carbonyl (C=O) groups is 4. The van der Waals surface area contributed by atoms with E-state index in [9.17, 15) is 19.2 Å². The number of likely N-dealkylation sites (tertiary alicyclic amines) is 1. The van der Waals surface area contributed by atoms with Crippen LogP contribution in [-0.2, 0) is 25.7 Å². The van der Waals surface area contributed by atoms with Gasteiger partial charge in [-0.3, -0.25) is 14.5 Å². The van der Waals surface area contributed by atoms with Crippen LogP contribution in [0.3, 0.4) is 0 Å². The monoisotopic (exact) mass is 609 g/mol. The molecule has 1 aliphatic heterocycles. The average molecular weight is 610 g/mol. The number of nitrogens with zero attached hydrogens (tertiary/aromatic N) is 2. The highest BCUT2D eigenvalue weighted by molar-refractivity contribution is 5.92. The van der Waals surface area contributed by atoms with Gasteiger partial charge >= 0.3 is 12.1 Å². The zero-order chi connectivity index (χ0) is 32.2. The first-order valence-corrected chi connectivity index (χ1v) is 15.4. The van der Waals surface area contributed by atoms with Gasteiger partial charge in [0.25, 0.3) is 0 Å². The summed E-state index contributed by atoms with van der Waals surface area (Å²) in [6.45, 7) is 8.63. The number of ether oxygens (including phenoxy) is 3. The van der Waals surface area contributed by atoms with E-state index in [2.05, 4.69) is 5.32 Å².